The summed E-state index contributed by atoms with van der Waals surface area (Å²) >= 11 is 0. The van der Waals surface area contributed by atoms with Crippen molar-refractivity contribution in [2.45, 2.75) is 59.9 Å². The maximum atomic E-state index is 13.4. The largest absolute Gasteiger partial charge is 0.320 e. The van der Waals surface area contributed by atoms with Crippen LogP contribution in [-0.4, -0.2) is 36.6 Å². The molecule has 0 aliphatic carbocycles. The number of nitrogens with one attached hydrogen (secondary N) is 1. The molecule has 1 aromatic carbocycles. The molecule has 0 saturated heterocycles. The summed E-state index contributed by atoms with van der Waals surface area (Å²) in [6.07, 6.45) is 3.03. The molecular formula is C19H32FN2O+. The van der Waals surface area contributed by atoms with E-state index in [4.69, 9.17) is 0 Å². The van der Waals surface area contributed by atoms with Gasteiger partial charge in [-0.25, -0.2) is 4.39 Å². The van der Waals surface area contributed by atoms with Crippen molar-refractivity contribution >= 4 is 11.6 Å². The maximum Gasteiger partial charge on any atom is 0.282 e. The third-order valence-corrected chi connectivity index (χ3v) is 4.93. The fourth-order valence-electron chi connectivity index (χ4n) is 3.28. The van der Waals surface area contributed by atoms with Crippen LogP contribution in [0.5, 0.6) is 0 Å². The number of anilines is 1. The second-order valence-corrected chi connectivity index (χ2v) is 6.70. The minimum absolute atomic E-state index is 0.0331. The van der Waals surface area contributed by atoms with E-state index in [2.05, 4.69) is 33.1 Å². The average molecular weight is 323 g/mol. The van der Waals surface area contributed by atoms with Crippen molar-refractivity contribution in [2.24, 2.45) is 0 Å². The van der Waals surface area contributed by atoms with Gasteiger partial charge in [0.15, 0.2) is 6.04 Å². The van der Waals surface area contributed by atoms with Gasteiger partial charge in [-0.3, -0.25) is 4.79 Å². The summed E-state index contributed by atoms with van der Waals surface area (Å²) in [5.41, 5.74) is 2.28. The number of benzene rings is 1. The molecule has 0 heterocycles. The molecule has 1 amide bonds. The Labute approximate surface area is 140 Å². The Balaban J connectivity index is 3.01. The summed E-state index contributed by atoms with van der Waals surface area (Å²) in [5, 5.41) is 3.05. The second-order valence-electron chi connectivity index (χ2n) is 6.70. The molecule has 0 aromatic heterocycles. The van der Waals surface area contributed by atoms with E-state index in [9.17, 15) is 9.18 Å². The van der Waals surface area contributed by atoms with Crippen LogP contribution in [0.1, 0.15) is 51.2 Å². The monoisotopic (exact) mass is 323 g/mol. The van der Waals surface area contributed by atoms with E-state index < -0.39 is 0 Å². The second kappa shape index (κ2) is 8.44. The number of carbonyl (C=O) groups excluding carboxylic acids is 1. The summed E-state index contributed by atoms with van der Waals surface area (Å²) in [4.78, 5) is 12.9. The number of hydrogen-bond acceptors (Lipinski definition) is 1. The van der Waals surface area contributed by atoms with Crippen LogP contribution in [0, 0.1) is 19.7 Å². The lowest BCUT2D eigenvalue weighted by molar-refractivity contribution is -0.923. The molecule has 0 aliphatic rings. The lowest BCUT2D eigenvalue weighted by Gasteiger charge is -2.39. The molecule has 3 nitrogen and oxygen atoms in total. The third kappa shape index (κ3) is 4.77. The standard InChI is InChI=1S/C19H31FN2O/c1-7-10-11-22(6,9-3)17(8-2)19(23)21-18-14(4)12-16(20)13-15(18)5/h12-13,17H,7-11H2,1-6H3/p+1. The number of nitrogens with zero attached hydrogens (tertiary/aromatic N) is 1. The fourth-order valence-corrected chi connectivity index (χ4v) is 3.28. The minimum Gasteiger partial charge on any atom is -0.320 e. The number of likely N-dealkylation sites (N-methyl/N-ethyl adjacent to an activating group) is 1. The zero-order valence-electron chi connectivity index (χ0n) is 15.5. The molecule has 130 valence electrons. The van der Waals surface area contributed by atoms with Gasteiger partial charge in [0.1, 0.15) is 5.82 Å². The minimum atomic E-state index is -0.262. The van der Waals surface area contributed by atoms with Crippen molar-refractivity contribution < 1.29 is 13.7 Å². The van der Waals surface area contributed by atoms with Crippen molar-refractivity contribution in [2.75, 3.05) is 25.5 Å². The van der Waals surface area contributed by atoms with Crippen LogP contribution in [0.4, 0.5) is 10.1 Å². The molecule has 1 aromatic rings. The normalized spacial score (nSPS) is 15.1. The van der Waals surface area contributed by atoms with Crippen LogP contribution in [0.15, 0.2) is 12.1 Å². The Bertz CT molecular complexity index is 521. The smallest absolute Gasteiger partial charge is 0.282 e. The van der Waals surface area contributed by atoms with E-state index in [0.717, 1.165) is 53.6 Å². The first-order valence-corrected chi connectivity index (χ1v) is 8.70. The van der Waals surface area contributed by atoms with Gasteiger partial charge in [-0.2, -0.15) is 0 Å². The maximum absolute atomic E-state index is 13.4. The van der Waals surface area contributed by atoms with Gasteiger partial charge < -0.3 is 9.80 Å². The van der Waals surface area contributed by atoms with Gasteiger partial charge in [-0.1, -0.05) is 20.3 Å². The van der Waals surface area contributed by atoms with E-state index in [1.807, 2.05) is 13.8 Å². The summed E-state index contributed by atoms with van der Waals surface area (Å²) < 4.78 is 14.2. The highest BCUT2D eigenvalue weighted by Gasteiger charge is 2.35. The van der Waals surface area contributed by atoms with Gasteiger partial charge in [0.05, 0.1) is 20.1 Å². The lowest BCUT2D eigenvalue weighted by atomic mass is 10.1. The number of rotatable bonds is 8. The molecule has 23 heavy (non-hydrogen) atoms. The third-order valence-electron chi connectivity index (χ3n) is 4.93. The summed E-state index contributed by atoms with van der Waals surface area (Å²) in [5.74, 6) is -0.229. The van der Waals surface area contributed by atoms with Crippen LogP contribution in [-0.2, 0) is 4.79 Å². The first-order valence-electron chi connectivity index (χ1n) is 8.70. The van der Waals surface area contributed by atoms with Crippen LogP contribution in [0.3, 0.4) is 0 Å². The summed E-state index contributed by atoms with van der Waals surface area (Å²) in [6, 6.07) is 2.85. The topological polar surface area (TPSA) is 29.1 Å². The number of carbonyl (C=O) groups is 1. The predicted octanol–water partition coefficient (Wildman–Crippen LogP) is 4.43. The fraction of sp³-hybridized carbons (Fsp3) is 0.632. The number of hydrogen-bond donors (Lipinski definition) is 1. The van der Waals surface area contributed by atoms with Crippen LogP contribution < -0.4 is 5.32 Å². The van der Waals surface area contributed by atoms with Crippen molar-refractivity contribution in [1.29, 1.82) is 0 Å². The van der Waals surface area contributed by atoms with Gasteiger partial charge in [-0.15, -0.1) is 0 Å². The molecule has 0 fully saturated rings. The highest BCUT2D eigenvalue weighted by atomic mass is 19.1. The Kier molecular flexibility index (Phi) is 7.20. The zero-order valence-corrected chi connectivity index (χ0v) is 15.5. The van der Waals surface area contributed by atoms with E-state index in [1.54, 1.807) is 0 Å². The highest BCUT2D eigenvalue weighted by molar-refractivity contribution is 5.95. The lowest BCUT2D eigenvalue weighted by Crippen LogP contribution is -2.57. The first kappa shape index (κ1) is 19.6. The van der Waals surface area contributed by atoms with E-state index in [0.29, 0.717) is 0 Å². The predicted molar refractivity (Wildman–Crippen MR) is 95.1 cm³/mol. The number of quaternary nitrogens is 1. The Morgan fingerprint density at radius 2 is 1.78 bits per heavy atom. The van der Waals surface area contributed by atoms with Crippen molar-refractivity contribution in [1.82, 2.24) is 0 Å². The van der Waals surface area contributed by atoms with E-state index in [-0.39, 0.29) is 17.8 Å². The van der Waals surface area contributed by atoms with E-state index >= 15 is 0 Å². The highest BCUT2D eigenvalue weighted by Crippen LogP contribution is 2.24. The molecule has 0 radical (unpaired) electrons. The summed E-state index contributed by atoms with van der Waals surface area (Å²) in [6.45, 7) is 12.0. The molecule has 1 rings (SSSR count). The number of amides is 1. The Morgan fingerprint density at radius 1 is 1.22 bits per heavy atom. The zero-order chi connectivity index (χ0) is 17.6. The molecular weight excluding hydrogens is 291 g/mol. The van der Waals surface area contributed by atoms with Crippen LogP contribution in [0.2, 0.25) is 0 Å². The van der Waals surface area contributed by atoms with Gasteiger partial charge in [-0.05, 0) is 50.5 Å². The van der Waals surface area contributed by atoms with Gasteiger partial charge in [0.2, 0.25) is 0 Å². The van der Waals surface area contributed by atoms with Gasteiger partial charge >= 0.3 is 0 Å². The molecule has 2 atom stereocenters. The van der Waals surface area contributed by atoms with Gasteiger partial charge in [0.25, 0.3) is 5.91 Å². The molecule has 0 saturated carbocycles. The van der Waals surface area contributed by atoms with Gasteiger partial charge in [0, 0.05) is 12.1 Å². The Morgan fingerprint density at radius 3 is 2.22 bits per heavy atom. The summed E-state index contributed by atoms with van der Waals surface area (Å²) in [7, 11) is 2.16. The van der Waals surface area contributed by atoms with Crippen molar-refractivity contribution in [3.05, 3.63) is 29.1 Å². The average Bonchev–Trinajstić information content (AvgIpc) is 2.49. The molecule has 0 aliphatic heterocycles. The molecule has 1 N–H and O–H groups in total. The molecule has 0 bridgehead atoms. The van der Waals surface area contributed by atoms with E-state index in [1.165, 1.54) is 12.1 Å². The SMILES string of the molecule is CCCC[N+](C)(CC)C(CC)C(=O)Nc1c(C)cc(F)cc1C. The first-order chi connectivity index (χ1) is 10.8. The number of halogens is 1. The van der Waals surface area contributed by atoms with Crippen LogP contribution >= 0.6 is 0 Å². The molecule has 4 heteroatoms. The number of unbranched alkanes of at least 4 members (excludes halogenated alkanes) is 1. The number of aryl methyl sites for hydroxylation is 2. The molecule has 0 spiro atoms. The molecule has 2 unspecified atom stereocenters. The Hall–Kier alpha value is -1.42. The van der Waals surface area contributed by atoms with Crippen molar-refractivity contribution in [3.8, 4) is 0 Å². The quantitative estimate of drug-likeness (QED) is 0.705. The van der Waals surface area contributed by atoms with Crippen LogP contribution in [0.25, 0.3) is 0 Å². The van der Waals surface area contributed by atoms with Crippen molar-refractivity contribution in [3.63, 3.8) is 0 Å².